The third-order valence-electron chi connectivity index (χ3n) is 7.34. The number of aliphatic hydroxyl groups is 1. The second-order valence-corrected chi connectivity index (χ2v) is 9.95. The van der Waals surface area contributed by atoms with Gasteiger partial charge in [0.2, 0.25) is 5.91 Å². The zero-order valence-electron chi connectivity index (χ0n) is 18.6. The van der Waals surface area contributed by atoms with Crippen LogP contribution in [-0.2, 0) is 9.53 Å². The molecule has 0 aromatic heterocycles. The number of rotatable bonds is 5. The zero-order chi connectivity index (χ0) is 21.4. The Morgan fingerprint density at radius 2 is 1.87 bits per heavy atom. The molecule has 30 heavy (non-hydrogen) atoms. The molecule has 4 fully saturated rings. The van der Waals surface area contributed by atoms with E-state index in [4.69, 9.17) is 4.74 Å². The van der Waals surface area contributed by atoms with Gasteiger partial charge in [-0.05, 0) is 64.7 Å². The number of aliphatic hydroxyl groups excluding tert-OH is 1. The fourth-order valence-corrected chi connectivity index (χ4v) is 5.75. The Labute approximate surface area is 179 Å². The molecule has 2 aliphatic carbocycles. The third-order valence-corrected chi connectivity index (χ3v) is 7.34. The lowest BCUT2D eigenvalue weighted by Crippen LogP contribution is -2.67. The molecule has 2 N–H and O–H groups in total. The molecule has 0 spiro atoms. The summed E-state index contributed by atoms with van der Waals surface area (Å²) >= 11 is 0. The molecule has 4 rings (SSSR count). The minimum Gasteiger partial charge on any atom is -0.447 e. The van der Waals surface area contributed by atoms with E-state index >= 15 is 0 Å². The Morgan fingerprint density at radius 1 is 1.10 bits per heavy atom. The van der Waals surface area contributed by atoms with Gasteiger partial charge in [-0.2, -0.15) is 0 Å². The molecule has 2 saturated carbocycles. The number of piperazine rings is 1. The summed E-state index contributed by atoms with van der Waals surface area (Å²) in [6, 6.07) is 0.158. The van der Waals surface area contributed by atoms with Crippen LogP contribution in [0.4, 0.5) is 4.79 Å². The molecule has 4 unspecified atom stereocenters. The lowest BCUT2D eigenvalue weighted by atomic mass is 9.73. The third kappa shape index (κ3) is 4.46. The maximum atomic E-state index is 13.1. The first-order valence-corrected chi connectivity index (χ1v) is 11.8. The Bertz CT molecular complexity index is 641. The Morgan fingerprint density at radius 3 is 2.53 bits per heavy atom. The van der Waals surface area contributed by atoms with Gasteiger partial charge in [-0.25, -0.2) is 9.80 Å². The molecule has 8 nitrogen and oxygen atoms in total. The number of fused-ring (bicyclic) bond motifs is 1. The lowest BCUT2D eigenvalue weighted by molar-refractivity contribution is -0.146. The van der Waals surface area contributed by atoms with E-state index in [1.165, 1.54) is 0 Å². The summed E-state index contributed by atoms with van der Waals surface area (Å²) in [5, 5.41) is 11.3. The Balaban J connectivity index is 1.51. The quantitative estimate of drug-likeness (QED) is 0.697. The van der Waals surface area contributed by atoms with E-state index in [0.717, 1.165) is 45.2 Å². The summed E-state index contributed by atoms with van der Waals surface area (Å²) in [6.45, 7) is 9.04. The molecule has 0 radical (unpaired) electrons. The second-order valence-electron chi connectivity index (χ2n) is 9.95. The van der Waals surface area contributed by atoms with E-state index < -0.39 is 0 Å². The summed E-state index contributed by atoms with van der Waals surface area (Å²) in [5.74, 6) is 1.51. The highest BCUT2D eigenvalue weighted by Crippen LogP contribution is 2.42. The fraction of sp³-hybridized carbons (Fsp3) is 0.909. The van der Waals surface area contributed by atoms with Crippen molar-refractivity contribution in [1.82, 2.24) is 20.2 Å². The monoisotopic (exact) mass is 422 g/mol. The van der Waals surface area contributed by atoms with Gasteiger partial charge in [0, 0.05) is 38.1 Å². The second kappa shape index (κ2) is 9.01. The first-order chi connectivity index (χ1) is 14.4. The van der Waals surface area contributed by atoms with Crippen LogP contribution in [0.3, 0.4) is 0 Å². The molecule has 0 aromatic rings. The highest BCUT2D eigenvalue weighted by atomic mass is 16.6. The van der Waals surface area contributed by atoms with Crippen molar-refractivity contribution in [3.05, 3.63) is 0 Å². The first kappa shape index (κ1) is 21.8. The summed E-state index contributed by atoms with van der Waals surface area (Å²) in [5.41, 5.74) is 3.40. The molecular weight excluding hydrogens is 384 g/mol. The van der Waals surface area contributed by atoms with Gasteiger partial charge in [-0.1, -0.05) is 0 Å². The maximum Gasteiger partial charge on any atom is 0.410 e. The standard InChI is InChI=1S/C22H38N4O4/c1-14(2)30-22(29)25-12-15(3)26(21(28)16-4-5-16)19-7-6-17(10-20(19)25)18-11-23-24(13-18)8-9-27/h14-20,23,27H,4-13H2,1-3H3/t15-,17?,18?,19?,20?/m0/s1. The van der Waals surface area contributed by atoms with Crippen molar-refractivity contribution >= 4 is 12.0 Å². The van der Waals surface area contributed by atoms with E-state index in [9.17, 15) is 14.7 Å². The highest BCUT2D eigenvalue weighted by molar-refractivity contribution is 5.82. The molecule has 8 heteroatoms. The van der Waals surface area contributed by atoms with E-state index in [0.29, 0.717) is 30.8 Å². The number of nitrogens with one attached hydrogen (secondary N) is 1. The van der Waals surface area contributed by atoms with E-state index in [-0.39, 0.29) is 42.8 Å². The van der Waals surface area contributed by atoms with Crippen molar-refractivity contribution in [2.24, 2.45) is 17.8 Å². The van der Waals surface area contributed by atoms with Crippen molar-refractivity contribution in [1.29, 1.82) is 0 Å². The van der Waals surface area contributed by atoms with E-state index in [1.807, 2.05) is 18.7 Å². The van der Waals surface area contributed by atoms with E-state index in [1.54, 1.807) is 0 Å². The number of hydrazine groups is 1. The zero-order valence-corrected chi connectivity index (χ0v) is 18.6. The highest BCUT2D eigenvalue weighted by Gasteiger charge is 2.50. The number of β-amino-alcohol motifs (C(OH)–C–C–N with tert-alkyl or cyclic N) is 1. The minimum atomic E-state index is -0.238. The SMILES string of the molecule is CC(C)OC(=O)N1C[C@H](C)N(C(=O)C2CC2)C2CCC(C3CNN(CCO)C3)CC21. The summed E-state index contributed by atoms with van der Waals surface area (Å²) in [6.07, 6.45) is 4.57. The molecule has 4 aliphatic rings. The molecule has 5 atom stereocenters. The Hall–Kier alpha value is -1.38. The van der Waals surface area contributed by atoms with Crippen molar-refractivity contribution in [2.75, 3.05) is 32.8 Å². The minimum absolute atomic E-state index is 0.0285. The van der Waals surface area contributed by atoms with Crippen LogP contribution in [-0.4, -0.2) is 88.9 Å². The molecule has 2 amide bonds. The topological polar surface area (TPSA) is 85.4 Å². The summed E-state index contributed by atoms with van der Waals surface area (Å²) < 4.78 is 5.59. The fourth-order valence-electron chi connectivity index (χ4n) is 5.75. The smallest absolute Gasteiger partial charge is 0.410 e. The van der Waals surface area contributed by atoms with Gasteiger partial charge >= 0.3 is 6.09 Å². The van der Waals surface area contributed by atoms with Crippen molar-refractivity contribution < 1.29 is 19.4 Å². The number of nitrogens with zero attached hydrogens (tertiary/aromatic N) is 3. The number of hydrogen-bond donors (Lipinski definition) is 2. The van der Waals surface area contributed by atoms with Crippen LogP contribution in [0, 0.1) is 17.8 Å². The summed E-state index contributed by atoms with van der Waals surface area (Å²) in [4.78, 5) is 30.1. The van der Waals surface area contributed by atoms with Gasteiger partial charge < -0.3 is 19.6 Å². The van der Waals surface area contributed by atoms with Gasteiger partial charge in [0.15, 0.2) is 0 Å². The van der Waals surface area contributed by atoms with E-state index in [2.05, 4.69) is 22.3 Å². The number of carbonyl (C=O) groups is 2. The molecule has 2 saturated heterocycles. The number of amides is 2. The molecule has 2 heterocycles. The molecule has 0 bridgehead atoms. The van der Waals surface area contributed by atoms with Crippen LogP contribution in [0.5, 0.6) is 0 Å². The van der Waals surface area contributed by atoms with Crippen molar-refractivity contribution in [3.63, 3.8) is 0 Å². The van der Waals surface area contributed by atoms with Crippen LogP contribution in [0.25, 0.3) is 0 Å². The number of ether oxygens (including phenoxy) is 1. The van der Waals surface area contributed by atoms with Gasteiger partial charge in [0.05, 0.1) is 24.8 Å². The molecule has 0 aromatic carbocycles. The predicted octanol–water partition coefficient (Wildman–Crippen LogP) is 1.44. The van der Waals surface area contributed by atoms with Gasteiger partial charge in [0.25, 0.3) is 0 Å². The van der Waals surface area contributed by atoms with Crippen LogP contribution >= 0.6 is 0 Å². The normalized spacial score (nSPS) is 34.9. The molecular formula is C22H38N4O4. The van der Waals surface area contributed by atoms with Crippen LogP contribution in [0.15, 0.2) is 0 Å². The Kier molecular flexibility index (Phi) is 6.55. The first-order valence-electron chi connectivity index (χ1n) is 11.8. The van der Waals surface area contributed by atoms with Crippen molar-refractivity contribution in [3.8, 4) is 0 Å². The van der Waals surface area contributed by atoms with Crippen LogP contribution in [0.2, 0.25) is 0 Å². The van der Waals surface area contributed by atoms with Gasteiger partial charge in [-0.3, -0.25) is 10.2 Å². The van der Waals surface area contributed by atoms with Crippen LogP contribution in [0.1, 0.15) is 52.9 Å². The predicted molar refractivity (Wildman–Crippen MR) is 112 cm³/mol. The van der Waals surface area contributed by atoms with Crippen LogP contribution < -0.4 is 5.43 Å². The maximum absolute atomic E-state index is 13.1. The van der Waals surface area contributed by atoms with Gasteiger partial charge in [-0.15, -0.1) is 0 Å². The van der Waals surface area contributed by atoms with Crippen molar-refractivity contribution in [2.45, 2.75) is 77.1 Å². The lowest BCUT2D eigenvalue weighted by Gasteiger charge is -2.54. The molecule has 2 aliphatic heterocycles. The average Bonchev–Trinajstić information content (AvgIpc) is 3.45. The average molecular weight is 423 g/mol. The van der Waals surface area contributed by atoms with Gasteiger partial charge in [0.1, 0.15) is 0 Å². The number of carbonyl (C=O) groups excluding carboxylic acids is 2. The number of hydrogen-bond acceptors (Lipinski definition) is 6. The summed E-state index contributed by atoms with van der Waals surface area (Å²) in [7, 11) is 0. The molecule has 170 valence electrons. The largest absolute Gasteiger partial charge is 0.447 e.